The van der Waals surface area contributed by atoms with Gasteiger partial charge in [0.15, 0.2) is 5.79 Å². The third-order valence-corrected chi connectivity index (χ3v) is 2.64. The van der Waals surface area contributed by atoms with E-state index < -0.39 is 5.79 Å². The molecule has 0 radical (unpaired) electrons. The first-order chi connectivity index (χ1) is 4.46. The van der Waals surface area contributed by atoms with Crippen molar-refractivity contribution in [2.45, 2.75) is 30.9 Å². The van der Waals surface area contributed by atoms with E-state index in [1.807, 2.05) is 20.8 Å². The Morgan fingerprint density at radius 3 is 1.90 bits per heavy atom. The van der Waals surface area contributed by atoms with Crippen molar-refractivity contribution in [1.82, 2.24) is 0 Å². The van der Waals surface area contributed by atoms with E-state index in [0.717, 1.165) is 0 Å². The number of ether oxygens (including phenoxy) is 2. The van der Waals surface area contributed by atoms with Crippen LogP contribution in [-0.4, -0.2) is 23.3 Å². The predicted molar refractivity (Wildman–Crippen MR) is 43.3 cm³/mol. The second-order valence-corrected chi connectivity index (χ2v) is 5.10. The summed E-state index contributed by atoms with van der Waals surface area (Å²) in [6, 6.07) is 0. The molecule has 0 aromatic rings. The van der Waals surface area contributed by atoms with E-state index >= 15 is 0 Å². The largest absolute Gasteiger partial charge is 0.346 e. The van der Waals surface area contributed by atoms with Gasteiger partial charge in [0.25, 0.3) is 0 Å². The van der Waals surface area contributed by atoms with E-state index in [-0.39, 0.29) is 4.32 Å². The van der Waals surface area contributed by atoms with E-state index in [1.54, 1.807) is 0 Å². The van der Waals surface area contributed by atoms with Crippen LogP contribution in [0.2, 0.25) is 0 Å². The van der Waals surface area contributed by atoms with Gasteiger partial charge in [-0.2, -0.15) is 0 Å². The maximum absolute atomic E-state index is 5.44. The molecule has 0 aromatic heterocycles. The number of alkyl halides is 1. The highest BCUT2D eigenvalue weighted by atomic mass is 79.9. The van der Waals surface area contributed by atoms with Crippen LogP contribution in [0.3, 0.4) is 0 Å². The molecule has 3 heteroatoms. The van der Waals surface area contributed by atoms with Gasteiger partial charge in [-0.15, -0.1) is 0 Å². The van der Waals surface area contributed by atoms with Crippen LogP contribution >= 0.6 is 15.9 Å². The smallest absolute Gasteiger partial charge is 0.180 e. The molecule has 1 fully saturated rings. The van der Waals surface area contributed by atoms with Crippen molar-refractivity contribution in [2.24, 2.45) is 0 Å². The molecule has 2 nitrogen and oxygen atoms in total. The summed E-state index contributed by atoms with van der Waals surface area (Å²) in [4.78, 5) is 0. The number of hydrogen-bond donors (Lipinski definition) is 0. The van der Waals surface area contributed by atoms with Crippen molar-refractivity contribution in [1.29, 1.82) is 0 Å². The van der Waals surface area contributed by atoms with E-state index in [0.29, 0.717) is 13.2 Å². The van der Waals surface area contributed by atoms with Gasteiger partial charge in [0.1, 0.15) is 0 Å². The molecule has 0 N–H and O–H groups in total. The SMILES string of the molecule is CC(C)(Br)C1(C)OCCO1. The Hall–Kier alpha value is 0.400. The molecule has 0 spiro atoms. The quantitative estimate of drug-likeness (QED) is 0.614. The van der Waals surface area contributed by atoms with Crippen molar-refractivity contribution < 1.29 is 9.47 Å². The third kappa shape index (κ3) is 1.36. The fraction of sp³-hybridized carbons (Fsp3) is 1.00. The second kappa shape index (κ2) is 2.47. The summed E-state index contributed by atoms with van der Waals surface area (Å²) in [6.07, 6.45) is 0. The fourth-order valence-corrected chi connectivity index (χ4v) is 1.09. The summed E-state index contributed by atoms with van der Waals surface area (Å²) in [6.45, 7) is 7.43. The summed E-state index contributed by atoms with van der Waals surface area (Å²) < 4.78 is 10.8. The lowest BCUT2D eigenvalue weighted by atomic mass is 10.1. The number of halogens is 1. The van der Waals surface area contributed by atoms with Gasteiger partial charge in [0.2, 0.25) is 0 Å². The highest BCUT2D eigenvalue weighted by molar-refractivity contribution is 9.10. The molecule has 1 saturated heterocycles. The maximum atomic E-state index is 5.44. The lowest BCUT2D eigenvalue weighted by Crippen LogP contribution is -2.43. The van der Waals surface area contributed by atoms with Gasteiger partial charge in [-0.05, 0) is 20.8 Å². The van der Waals surface area contributed by atoms with Crippen LogP contribution < -0.4 is 0 Å². The highest BCUT2D eigenvalue weighted by Crippen LogP contribution is 2.37. The number of hydrogen-bond acceptors (Lipinski definition) is 2. The Bertz CT molecular complexity index is 122. The molecule has 0 aliphatic carbocycles. The Morgan fingerprint density at radius 2 is 1.70 bits per heavy atom. The van der Waals surface area contributed by atoms with Gasteiger partial charge >= 0.3 is 0 Å². The Kier molecular flexibility index (Phi) is 2.10. The van der Waals surface area contributed by atoms with Gasteiger partial charge in [0.05, 0.1) is 17.5 Å². The van der Waals surface area contributed by atoms with Gasteiger partial charge in [-0.3, -0.25) is 0 Å². The summed E-state index contributed by atoms with van der Waals surface area (Å²) in [5.74, 6) is -0.451. The van der Waals surface area contributed by atoms with E-state index in [2.05, 4.69) is 15.9 Å². The normalized spacial score (nSPS) is 25.2. The van der Waals surface area contributed by atoms with Crippen molar-refractivity contribution in [3.63, 3.8) is 0 Å². The summed E-state index contributed by atoms with van der Waals surface area (Å²) in [7, 11) is 0. The molecule has 0 saturated carbocycles. The minimum absolute atomic E-state index is 0.115. The monoisotopic (exact) mass is 208 g/mol. The van der Waals surface area contributed by atoms with E-state index in [9.17, 15) is 0 Å². The molecule has 1 heterocycles. The lowest BCUT2D eigenvalue weighted by molar-refractivity contribution is -0.158. The molecule has 0 atom stereocenters. The highest BCUT2D eigenvalue weighted by Gasteiger charge is 2.44. The van der Waals surface area contributed by atoms with Crippen LogP contribution in [0.1, 0.15) is 20.8 Å². The Balaban J connectivity index is 2.67. The molecule has 0 aromatic carbocycles. The average molecular weight is 209 g/mol. The zero-order valence-corrected chi connectivity index (χ0v) is 8.19. The van der Waals surface area contributed by atoms with Crippen LogP contribution in [0, 0.1) is 0 Å². The topological polar surface area (TPSA) is 18.5 Å². The molecule has 10 heavy (non-hydrogen) atoms. The Morgan fingerprint density at radius 1 is 1.30 bits per heavy atom. The molecule has 0 bridgehead atoms. The maximum Gasteiger partial charge on any atom is 0.180 e. The van der Waals surface area contributed by atoms with Gasteiger partial charge in [-0.1, -0.05) is 15.9 Å². The molecule has 1 aliphatic rings. The molecular weight excluding hydrogens is 196 g/mol. The predicted octanol–water partition coefficient (Wildman–Crippen LogP) is 1.92. The fourth-order valence-electron chi connectivity index (χ4n) is 0.858. The van der Waals surface area contributed by atoms with Crippen molar-refractivity contribution >= 4 is 15.9 Å². The van der Waals surface area contributed by atoms with Crippen LogP contribution in [-0.2, 0) is 9.47 Å². The lowest BCUT2D eigenvalue weighted by Gasteiger charge is -2.34. The van der Waals surface area contributed by atoms with Crippen molar-refractivity contribution in [2.75, 3.05) is 13.2 Å². The minimum atomic E-state index is -0.451. The molecule has 1 aliphatic heterocycles. The van der Waals surface area contributed by atoms with Crippen LogP contribution in [0.15, 0.2) is 0 Å². The molecule has 0 unspecified atom stereocenters. The zero-order valence-electron chi connectivity index (χ0n) is 6.61. The average Bonchev–Trinajstić information content (AvgIpc) is 2.13. The molecular formula is C7H13BrO2. The molecule has 0 amide bonds. The number of rotatable bonds is 1. The zero-order chi connectivity index (χ0) is 7.83. The van der Waals surface area contributed by atoms with Crippen molar-refractivity contribution in [3.05, 3.63) is 0 Å². The standard InChI is InChI=1S/C7H13BrO2/c1-6(2,8)7(3)9-4-5-10-7/h4-5H2,1-3H3. The third-order valence-electron chi connectivity index (χ3n) is 1.92. The van der Waals surface area contributed by atoms with Crippen LogP contribution in [0.25, 0.3) is 0 Å². The summed E-state index contributed by atoms with van der Waals surface area (Å²) >= 11 is 3.51. The van der Waals surface area contributed by atoms with Gasteiger partial charge in [-0.25, -0.2) is 0 Å². The van der Waals surface area contributed by atoms with Crippen LogP contribution in [0.5, 0.6) is 0 Å². The van der Waals surface area contributed by atoms with E-state index in [1.165, 1.54) is 0 Å². The van der Waals surface area contributed by atoms with Gasteiger partial charge < -0.3 is 9.47 Å². The molecule has 1 rings (SSSR count). The summed E-state index contributed by atoms with van der Waals surface area (Å²) in [5, 5.41) is 0. The first-order valence-corrected chi connectivity index (χ1v) is 4.22. The second-order valence-electron chi connectivity index (χ2n) is 3.12. The Labute approximate surface area is 70.0 Å². The summed E-state index contributed by atoms with van der Waals surface area (Å²) in [5.41, 5.74) is 0. The molecule has 60 valence electrons. The van der Waals surface area contributed by atoms with E-state index in [4.69, 9.17) is 9.47 Å². The van der Waals surface area contributed by atoms with Crippen LogP contribution in [0.4, 0.5) is 0 Å². The minimum Gasteiger partial charge on any atom is -0.346 e. The first-order valence-electron chi connectivity index (χ1n) is 3.42. The van der Waals surface area contributed by atoms with Crippen molar-refractivity contribution in [3.8, 4) is 0 Å². The first kappa shape index (κ1) is 8.50. The van der Waals surface area contributed by atoms with Gasteiger partial charge in [0, 0.05) is 0 Å².